The maximum atomic E-state index is 13.2. The lowest BCUT2D eigenvalue weighted by atomic mass is 10.2. The molecule has 0 saturated heterocycles. The summed E-state index contributed by atoms with van der Waals surface area (Å²) >= 11 is 5.66. The zero-order valence-electron chi connectivity index (χ0n) is 16.1. The van der Waals surface area contributed by atoms with Crippen LogP contribution in [0.1, 0.15) is 23.7 Å². The Morgan fingerprint density at radius 2 is 1.97 bits per heavy atom. The number of aryl methyl sites for hydroxylation is 1. The number of carbonyl (C=O) groups excluding carboxylic acids is 2. The van der Waals surface area contributed by atoms with Gasteiger partial charge in [-0.25, -0.2) is 9.36 Å². The van der Waals surface area contributed by atoms with E-state index in [0.717, 1.165) is 27.6 Å². The van der Waals surface area contributed by atoms with Crippen molar-refractivity contribution in [1.82, 2.24) is 5.32 Å². The van der Waals surface area contributed by atoms with Crippen LogP contribution in [-0.4, -0.2) is 36.1 Å². The van der Waals surface area contributed by atoms with Gasteiger partial charge in [0, 0.05) is 23.1 Å². The van der Waals surface area contributed by atoms with Crippen molar-refractivity contribution in [3.05, 3.63) is 58.8 Å². The molecule has 0 spiro atoms. The molecule has 158 valence electrons. The fourth-order valence-electron chi connectivity index (χ4n) is 2.64. The summed E-state index contributed by atoms with van der Waals surface area (Å²) in [6.07, 6.45) is 4.30. The third-order valence-electron chi connectivity index (χ3n) is 3.84. The van der Waals surface area contributed by atoms with E-state index in [0.29, 0.717) is 12.1 Å². The standard InChI is InChI=1S/C20H23BrIN3O3.HI/c1-2-10-24-14-16(13-17(21)15-24)19(26)25(18-6-4-3-5-7-18)11-12-28-20(27)23-9-8-22;/h3-7,13-15H,2,8-12H2,1H3;1H. The number of alkyl carbamates (subject to hydrolysis) is 1. The highest BCUT2D eigenvalue weighted by atomic mass is 127. The van der Waals surface area contributed by atoms with Crippen molar-refractivity contribution in [2.45, 2.75) is 19.9 Å². The number of hydrogen-bond acceptors (Lipinski definition) is 3. The number of para-hydroxylation sites is 1. The first kappa shape index (κ1) is 26.1. The van der Waals surface area contributed by atoms with Gasteiger partial charge in [-0.15, -0.1) is 0 Å². The first-order chi connectivity index (χ1) is 13.5. The van der Waals surface area contributed by atoms with Gasteiger partial charge in [-0.05, 0) is 34.1 Å². The molecule has 0 saturated carbocycles. The minimum atomic E-state index is -0.472. The third kappa shape index (κ3) is 8.75. The molecule has 1 aromatic carbocycles. The van der Waals surface area contributed by atoms with E-state index in [4.69, 9.17) is 4.74 Å². The number of rotatable bonds is 9. The molecular formula is C20H24BrI2N3O3. The maximum Gasteiger partial charge on any atom is 0.407 e. The number of nitrogens with one attached hydrogen (secondary N) is 1. The van der Waals surface area contributed by atoms with Crippen LogP contribution in [0.25, 0.3) is 0 Å². The van der Waals surface area contributed by atoms with Crippen LogP contribution < -0.4 is 38.8 Å². The number of carbonyl (C=O) groups is 2. The summed E-state index contributed by atoms with van der Waals surface area (Å²) in [5, 5.41) is 2.65. The number of pyridine rings is 1. The summed E-state index contributed by atoms with van der Waals surface area (Å²) in [7, 11) is 0. The molecule has 0 fully saturated rings. The van der Waals surface area contributed by atoms with Gasteiger partial charge in [0.25, 0.3) is 5.91 Å². The number of halogens is 3. The van der Waals surface area contributed by atoms with Gasteiger partial charge in [-0.3, -0.25) is 4.79 Å². The van der Waals surface area contributed by atoms with Gasteiger partial charge in [0.1, 0.15) is 18.7 Å². The van der Waals surface area contributed by atoms with Crippen molar-refractivity contribution in [2.24, 2.45) is 0 Å². The quantitative estimate of drug-likeness (QED) is 0.243. The Morgan fingerprint density at radius 1 is 1.24 bits per heavy atom. The van der Waals surface area contributed by atoms with Crippen molar-refractivity contribution >= 4 is 56.2 Å². The molecule has 0 aliphatic heterocycles. The zero-order chi connectivity index (χ0) is 20.4. The molecule has 1 aromatic heterocycles. The van der Waals surface area contributed by atoms with Crippen LogP contribution in [0.4, 0.5) is 10.5 Å². The Labute approximate surface area is 210 Å². The number of ether oxygens (including phenoxy) is 1. The van der Waals surface area contributed by atoms with Gasteiger partial charge in [0.2, 0.25) is 0 Å². The molecule has 2 amide bonds. The van der Waals surface area contributed by atoms with Gasteiger partial charge in [0.15, 0.2) is 12.4 Å². The van der Waals surface area contributed by atoms with Crippen molar-refractivity contribution in [2.75, 3.05) is 29.0 Å². The number of alkyl halides is 1. The second-order valence-corrected chi connectivity index (χ2v) is 8.02. The molecule has 6 nitrogen and oxygen atoms in total. The number of hydrogen-bond donors (Lipinski definition) is 1. The molecule has 2 aromatic rings. The summed E-state index contributed by atoms with van der Waals surface area (Å²) in [5.41, 5.74) is 1.33. The van der Waals surface area contributed by atoms with E-state index in [1.165, 1.54) is 0 Å². The second kappa shape index (κ2) is 14.1. The first-order valence-corrected chi connectivity index (χ1v) is 11.4. The van der Waals surface area contributed by atoms with Crippen LogP contribution in [0, 0.1) is 0 Å². The molecule has 29 heavy (non-hydrogen) atoms. The normalized spacial score (nSPS) is 10.0. The Balaban J connectivity index is 0.00000420. The highest BCUT2D eigenvalue weighted by Crippen LogP contribution is 2.18. The zero-order valence-corrected chi connectivity index (χ0v) is 22.0. The molecule has 0 bridgehead atoms. The van der Waals surface area contributed by atoms with E-state index in [1.54, 1.807) is 11.0 Å². The largest absolute Gasteiger partial charge is 1.00 e. The van der Waals surface area contributed by atoms with E-state index >= 15 is 0 Å². The van der Waals surface area contributed by atoms with Crippen molar-refractivity contribution in [3.63, 3.8) is 0 Å². The molecule has 2 rings (SSSR count). The maximum absolute atomic E-state index is 13.2. The lowest BCUT2D eigenvalue weighted by Gasteiger charge is -2.22. The van der Waals surface area contributed by atoms with Crippen LogP contribution in [0.15, 0.2) is 53.3 Å². The Morgan fingerprint density at radius 3 is 2.62 bits per heavy atom. The SMILES string of the molecule is CCC[n+]1cc(Br)cc(C(=O)N(CCOC(=O)NCCI)c2ccccc2)c1.[I-]. The Kier molecular flexibility index (Phi) is 12.7. The predicted molar refractivity (Wildman–Crippen MR) is 121 cm³/mol. The monoisotopic (exact) mass is 687 g/mol. The third-order valence-corrected chi connectivity index (χ3v) is 4.81. The minimum absolute atomic E-state index is 0. The van der Waals surface area contributed by atoms with Gasteiger partial charge in [0.05, 0.1) is 11.0 Å². The van der Waals surface area contributed by atoms with Crippen molar-refractivity contribution in [3.8, 4) is 0 Å². The smallest absolute Gasteiger partial charge is 0.407 e. The molecule has 1 heterocycles. The van der Waals surface area contributed by atoms with Gasteiger partial charge in [-0.2, -0.15) is 0 Å². The molecule has 0 aliphatic rings. The van der Waals surface area contributed by atoms with E-state index in [2.05, 4.69) is 50.8 Å². The summed E-state index contributed by atoms with van der Waals surface area (Å²) in [6.45, 7) is 3.84. The van der Waals surface area contributed by atoms with Crippen LogP contribution in [-0.2, 0) is 11.3 Å². The summed E-state index contributed by atoms with van der Waals surface area (Å²) in [5.74, 6) is -0.145. The summed E-state index contributed by atoms with van der Waals surface area (Å²) < 4.78 is 8.85. The Bertz CT molecular complexity index is 794. The predicted octanol–water partition coefficient (Wildman–Crippen LogP) is 0.959. The van der Waals surface area contributed by atoms with Crippen LogP contribution in [0.5, 0.6) is 0 Å². The lowest BCUT2D eigenvalue weighted by Crippen LogP contribution is -3.00. The summed E-state index contributed by atoms with van der Waals surface area (Å²) in [6, 6.07) is 11.2. The molecule has 1 N–H and O–H groups in total. The van der Waals surface area contributed by atoms with Crippen LogP contribution >= 0.6 is 38.5 Å². The van der Waals surface area contributed by atoms with Crippen LogP contribution in [0.2, 0.25) is 0 Å². The topological polar surface area (TPSA) is 62.5 Å². The van der Waals surface area contributed by atoms with Crippen molar-refractivity contribution < 1.29 is 42.9 Å². The molecule has 0 unspecified atom stereocenters. The fourth-order valence-corrected chi connectivity index (χ4v) is 3.42. The summed E-state index contributed by atoms with van der Waals surface area (Å²) in [4.78, 5) is 26.5. The Hall–Kier alpha value is -0.950. The van der Waals surface area contributed by atoms with Gasteiger partial charge in [-0.1, -0.05) is 47.7 Å². The molecule has 0 radical (unpaired) electrons. The van der Waals surface area contributed by atoms with Crippen LogP contribution in [0.3, 0.4) is 0 Å². The number of nitrogens with zero attached hydrogens (tertiary/aromatic N) is 2. The van der Waals surface area contributed by atoms with Gasteiger partial charge < -0.3 is 38.9 Å². The highest BCUT2D eigenvalue weighted by Gasteiger charge is 2.21. The van der Waals surface area contributed by atoms with Crippen molar-refractivity contribution in [1.29, 1.82) is 0 Å². The average Bonchev–Trinajstić information content (AvgIpc) is 2.69. The van der Waals surface area contributed by atoms with E-state index < -0.39 is 6.09 Å². The number of amides is 2. The number of benzene rings is 1. The highest BCUT2D eigenvalue weighted by molar-refractivity contribution is 14.1. The molecule has 0 atom stereocenters. The second-order valence-electron chi connectivity index (χ2n) is 6.02. The fraction of sp³-hybridized carbons (Fsp3) is 0.350. The van der Waals surface area contributed by atoms with Gasteiger partial charge >= 0.3 is 6.09 Å². The number of anilines is 1. The van der Waals surface area contributed by atoms with E-state index in [-0.39, 0.29) is 43.0 Å². The molecule has 9 heteroatoms. The average molecular weight is 688 g/mol. The van der Waals surface area contributed by atoms with E-state index in [1.807, 2.05) is 47.3 Å². The first-order valence-electron chi connectivity index (χ1n) is 9.08. The van der Waals surface area contributed by atoms with E-state index in [9.17, 15) is 9.59 Å². The lowest BCUT2D eigenvalue weighted by molar-refractivity contribution is -0.697. The minimum Gasteiger partial charge on any atom is -1.00 e. The molecule has 0 aliphatic carbocycles. The number of aromatic nitrogens is 1. The molecular weight excluding hydrogens is 664 g/mol.